The number of ether oxygens (including phenoxy) is 1. The Morgan fingerprint density at radius 3 is 2.88 bits per heavy atom. The molecule has 3 aromatic rings. The first kappa shape index (κ1) is 18.6. The first-order valence-electron chi connectivity index (χ1n) is 8.68. The highest BCUT2D eigenvalue weighted by Gasteiger charge is 2.14. The Morgan fingerprint density at radius 1 is 1.31 bits per heavy atom. The molecule has 2 heterocycles. The molecule has 0 spiro atoms. The van der Waals surface area contributed by atoms with Gasteiger partial charge in [0.25, 0.3) is 0 Å². The predicted molar refractivity (Wildman–Crippen MR) is 105 cm³/mol. The van der Waals surface area contributed by atoms with E-state index in [-0.39, 0.29) is 11.7 Å². The van der Waals surface area contributed by atoms with E-state index in [0.717, 1.165) is 27.4 Å². The monoisotopic (exact) mass is 369 g/mol. The Hall–Kier alpha value is -2.18. The van der Waals surface area contributed by atoms with Gasteiger partial charge < -0.3 is 4.74 Å². The largest absolute Gasteiger partial charge is 0.384 e. The summed E-state index contributed by atoms with van der Waals surface area (Å²) < 4.78 is 5.07. The van der Waals surface area contributed by atoms with Gasteiger partial charge in [-0.15, -0.1) is 11.8 Å². The maximum absolute atomic E-state index is 12.4. The number of benzene rings is 1. The van der Waals surface area contributed by atoms with E-state index in [4.69, 9.17) is 4.74 Å². The number of carbonyl (C=O) groups is 1. The van der Waals surface area contributed by atoms with Crippen LogP contribution in [0.4, 0.5) is 0 Å². The number of rotatable bonds is 9. The number of aromatic nitrogens is 3. The molecule has 0 unspecified atom stereocenters. The lowest BCUT2D eigenvalue weighted by Crippen LogP contribution is -2.08. The maximum atomic E-state index is 12.4. The molecule has 0 radical (unpaired) electrons. The highest BCUT2D eigenvalue weighted by atomic mass is 32.2. The Balaban J connectivity index is 1.62. The van der Waals surface area contributed by atoms with Crippen LogP contribution in [0.25, 0.3) is 10.9 Å². The van der Waals surface area contributed by atoms with E-state index >= 15 is 0 Å². The van der Waals surface area contributed by atoms with Crippen LogP contribution in [0.3, 0.4) is 0 Å². The summed E-state index contributed by atoms with van der Waals surface area (Å²) in [6, 6.07) is 12.1. The standard InChI is InChI=1S/C20H23N3O2S/c1-14(15-6-4-3-5-7-15)10-17(24)11-16-12-19-18(13-21-16)20(23-22-19)26-9-8-25-2/h3-7,12-14H,8-11H2,1-2H3,(H,22,23)/t14-/m0/s1. The molecule has 0 aliphatic carbocycles. The molecular formula is C20H23N3O2S. The van der Waals surface area contributed by atoms with Crippen molar-refractivity contribution in [3.63, 3.8) is 0 Å². The van der Waals surface area contributed by atoms with Crippen LogP contribution in [0, 0.1) is 0 Å². The number of thioether (sulfide) groups is 1. The summed E-state index contributed by atoms with van der Waals surface area (Å²) in [4.78, 5) is 16.9. The summed E-state index contributed by atoms with van der Waals surface area (Å²) in [7, 11) is 1.69. The third kappa shape index (κ3) is 4.71. The number of H-pyrrole nitrogens is 1. The van der Waals surface area contributed by atoms with Gasteiger partial charge >= 0.3 is 0 Å². The summed E-state index contributed by atoms with van der Waals surface area (Å²) in [5.41, 5.74) is 2.88. The molecule has 136 valence electrons. The fraction of sp³-hybridized carbons (Fsp3) is 0.350. The highest BCUT2D eigenvalue weighted by Crippen LogP contribution is 2.25. The van der Waals surface area contributed by atoms with Crippen molar-refractivity contribution in [3.8, 4) is 0 Å². The molecule has 0 aliphatic heterocycles. The minimum Gasteiger partial charge on any atom is -0.384 e. The highest BCUT2D eigenvalue weighted by molar-refractivity contribution is 7.99. The predicted octanol–water partition coefficient (Wildman–Crippen LogP) is 4.00. The molecule has 0 saturated heterocycles. The van der Waals surface area contributed by atoms with Crippen LogP contribution in [0.15, 0.2) is 47.6 Å². The molecule has 0 aliphatic rings. The summed E-state index contributed by atoms with van der Waals surface area (Å²) >= 11 is 1.63. The van der Waals surface area contributed by atoms with Crippen molar-refractivity contribution in [2.75, 3.05) is 19.5 Å². The summed E-state index contributed by atoms with van der Waals surface area (Å²) in [6.45, 7) is 2.76. The minimum atomic E-state index is 0.197. The van der Waals surface area contributed by atoms with E-state index < -0.39 is 0 Å². The molecule has 0 amide bonds. The number of fused-ring (bicyclic) bond motifs is 1. The molecule has 26 heavy (non-hydrogen) atoms. The van der Waals surface area contributed by atoms with Crippen LogP contribution < -0.4 is 0 Å². The maximum Gasteiger partial charge on any atom is 0.139 e. The smallest absolute Gasteiger partial charge is 0.139 e. The van der Waals surface area contributed by atoms with E-state index in [1.54, 1.807) is 25.1 Å². The van der Waals surface area contributed by atoms with Crippen molar-refractivity contribution < 1.29 is 9.53 Å². The molecular weight excluding hydrogens is 346 g/mol. The Bertz CT molecular complexity index is 864. The zero-order valence-electron chi connectivity index (χ0n) is 15.1. The van der Waals surface area contributed by atoms with Gasteiger partial charge in [0.15, 0.2) is 0 Å². The summed E-state index contributed by atoms with van der Waals surface area (Å²) in [5, 5.41) is 9.27. The molecule has 1 N–H and O–H groups in total. The van der Waals surface area contributed by atoms with Crippen molar-refractivity contribution >= 4 is 28.4 Å². The first-order valence-corrected chi connectivity index (χ1v) is 9.67. The molecule has 0 saturated carbocycles. The number of nitrogens with zero attached hydrogens (tertiary/aromatic N) is 2. The number of nitrogens with one attached hydrogen (secondary N) is 1. The Labute approximate surface area is 157 Å². The second kappa shape index (κ2) is 8.96. The van der Waals surface area contributed by atoms with Gasteiger partial charge in [-0.3, -0.25) is 14.9 Å². The average molecular weight is 369 g/mol. The molecule has 1 aromatic carbocycles. The van der Waals surface area contributed by atoms with E-state index in [9.17, 15) is 4.79 Å². The zero-order valence-corrected chi connectivity index (χ0v) is 15.9. The van der Waals surface area contributed by atoms with Crippen molar-refractivity contribution in [1.29, 1.82) is 0 Å². The van der Waals surface area contributed by atoms with Gasteiger partial charge in [0.2, 0.25) is 0 Å². The fourth-order valence-corrected chi connectivity index (χ4v) is 3.75. The van der Waals surface area contributed by atoms with Gasteiger partial charge in [0.1, 0.15) is 10.8 Å². The van der Waals surface area contributed by atoms with Gasteiger partial charge in [0, 0.05) is 37.6 Å². The third-order valence-electron chi connectivity index (χ3n) is 4.28. The second-order valence-electron chi connectivity index (χ2n) is 6.32. The van der Waals surface area contributed by atoms with E-state index in [0.29, 0.717) is 19.4 Å². The van der Waals surface area contributed by atoms with Gasteiger partial charge in [0.05, 0.1) is 17.5 Å². The van der Waals surface area contributed by atoms with Gasteiger partial charge in [-0.05, 0) is 17.5 Å². The zero-order chi connectivity index (χ0) is 18.4. The van der Waals surface area contributed by atoms with Crippen LogP contribution >= 0.6 is 11.8 Å². The van der Waals surface area contributed by atoms with Crippen molar-refractivity contribution in [3.05, 3.63) is 53.9 Å². The normalized spacial score (nSPS) is 12.4. The quantitative estimate of drug-likeness (QED) is 0.456. The summed E-state index contributed by atoms with van der Waals surface area (Å²) in [6.07, 6.45) is 2.67. The van der Waals surface area contributed by atoms with Crippen molar-refractivity contribution in [2.24, 2.45) is 0 Å². The molecule has 2 aromatic heterocycles. The fourth-order valence-electron chi connectivity index (χ4n) is 2.88. The number of methoxy groups -OCH3 is 1. The van der Waals surface area contributed by atoms with Crippen LogP contribution in [0.1, 0.15) is 30.5 Å². The molecule has 5 nitrogen and oxygen atoms in total. The van der Waals surface area contributed by atoms with E-state index in [1.807, 2.05) is 24.3 Å². The van der Waals surface area contributed by atoms with E-state index in [1.165, 1.54) is 5.56 Å². The number of ketones is 1. The number of carbonyl (C=O) groups excluding carboxylic acids is 1. The topological polar surface area (TPSA) is 67.9 Å². The van der Waals surface area contributed by atoms with Crippen LogP contribution in [0.5, 0.6) is 0 Å². The second-order valence-corrected chi connectivity index (χ2v) is 7.41. The van der Waals surface area contributed by atoms with Gasteiger partial charge in [-0.25, -0.2) is 0 Å². The number of hydrogen-bond acceptors (Lipinski definition) is 5. The molecule has 3 rings (SSSR count). The SMILES string of the molecule is COCCSc1n[nH]c2cc(CC(=O)C[C@H](C)c3ccccc3)ncc12. The number of aromatic amines is 1. The van der Waals surface area contributed by atoms with Crippen molar-refractivity contribution in [2.45, 2.75) is 30.7 Å². The lowest BCUT2D eigenvalue weighted by atomic mass is 9.94. The van der Waals surface area contributed by atoms with Crippen LogP contribution in [-0.4, -0.2) is 40.4 Å². The van der Waals surface area contributed by atoms with Crippen molar-refractivity contribution in [1.82, 2.24) is 15.2 Å². The van der Waals surface area contributed by atoms with Gasteiger partial charge in [-0.2, -0.15) is 5.10 Å². The number of Topliss-reactive ketones (excluding diaryl/α,β-unsaturated/α-hetero) is 1. The third-order valence-corrected chi connectivity index (χ3v) is 5.23. The molecule has 1 atom stereocenters. The lowest BCUT2D eigenvalue weighted by Gasteiger charge is -2.10. The average Bonchev–Trinajstić information content (AvgIpc) is 3.05. The Morgan fingerprint density at radius 2 is 2.12 bits per heavy atom. The van der Waals surface area contributed by atoms with Crippen LogP contribution in [0.2, 0.25) is 0 Å². The molecule has 6 heteroatoms. The number of pyridine rings is 1. The lowest BCUT2D eigenvalue weighted by molar-refractivity contribution is -0.118. The number of hydrogen-bond donors (Lipinski definition) is 1. The summed E-state index contributed by atoms with van der Waals surface area (Å²) in [5.74, 6) is 1.25. The first-order chi connectivity index (χ1) is 12.7. The van der Waals surface area contributed by atoms with Gasteiger partial charge in [-0.1, -0.05) is 37.3 Å². The minimum absolute atomic E-state index is 0.197. The molecule has 0 fully saturated rings. The Kier molecular flexibility index (Phi) is 6.41. The molecule has 0 bridgehead atoms. The van der Waals surface area contributed by atoms with E-state index in [2.05, 4.69) is 34.2 Å². The van der Waals surface area contributed by atoms with Crippen LogP contribution in [-0.2, 0) is 16.0 Å².